The summed E-state index contributed by atoms with van der Waals surface area (Å²) in [5, 5.41) is 9.73. The molecule has 242 valence electrons. The molecule has 4 nitrogen and oxygen atoms in total. The SMILES string of the molecule is c1ccc(-c2nc(-c3ccc(-c4ccc5ccccc5c4)cc3)nc(-c3ccc(-c4cc5ccc6ccccc6c5c5ccncc45)cc3)n2)cc1. The zero-order valence-corrected chi connectivity index (χ0v) is 28.1. The second kappa shape index (κ2) is 12.4. The van der Waals surface area contributed by atoms with Crippen LogP contribution in [-0.4, -0.2) is 19.9 Å². The minimum atomic E-state index is 0.630. The van der Waals surface area contributed by atoms with Gasteiger partial charge < -0.3 is 0 Å². The maximum absolute atomic E-state index is 5.03. The highest BCUT2D eigenvalue weighted by Crippen LogP contribution is 2.38. The van der Waals surface area contributed by atoms with E-state index in [9.17, 15) is 0 Å². The maximum Gasteiger partial charge on any atom is 0.164 e. The van der Waals surface area contributed by atoms with Gasteiger partial charge in [0.05, 0.1) is 0 Å². The number of fused-ring (bicyclic) bond motifs is 6. The Morgan fingerprint density at radius 2 is 0.846 bits per heavy atom. The summed E-state index contributed by atoms with van der Waals surface area (Å²) < 4.78 is 0. The van der Waals surface area contributed by atoms with E-state index in [1.165, 1.54) is 43.3 Å². The smallest absolute Gasteiger partial charge is 0.164 e. The van der Waals surface area contributed by atoms with Crippen molar-refractivity contribution in [1.82, 2.24) is 19.9 Å². The zero-order valence-electron chi connectivity index (χ0n) is 28.1. The number of hydrogen-bond acceptors (Lipinski definition) is 4. The van der Waals surface area contributed by atoms with E-state index in [0.29, 0.717) is 17.5 Å². The van der Waals surface area contributed by atoms with Crippen LogP contribution in [0.3, 0.4) is 0 Å². The van der Waals surface area contributed by atoms with Gasteiger partial charge in [-0.3, -0.25) is 4.98 Å². The quantitative estimate of drug-likeness (QED) is 0.172. The van der Waals surface area contributed by atoms with Gasteiger partial charge in [0.15, 0.2) is 17.5 Å². The summed E-state index contributed by atoms with van der Waals surface area (Å²) in [5.41, 5.74) is 7.38. The summed E-state index contributed by atoms with van der Waals surface area (Å²) in [4.78, 5) is 19.5. The van der Waals surface area contributed by atoms with Gasteiger partial charge in [0.25, 0.3) is 0 Å². The van der Waals surface area contributed by atoms with E-state index in [1.54, 1.807) is 0 Å². The van der Waals surface area contributed by atoms with Crippen molar-refractivity contribution in [2.45, 2.75) is 0 Å². The van der Waals surface area contributed by atoms with Crippen molar-refractivity contribution in [2.75, 3.05) is 0 Å². The Balaban J connectivity index is 1.05. The van der Waals surface area contributed by atoms with Crippen LogP contribution in [0.2, 0.25) is 0 Å². The molecule has 0 fully saturated rings. The molecular formula is C48H30N4. The number of aromatic nitrogens is 4. The first-order valence-electron chi connectivity index (χ1n) is 17.5. The normalized spacial score (nSPS) is 11.5. The molecule has 0 unspecified atom stereocenters. The van der Waals surface area contributed by atoms with Gasteiger partial charge in [-0.2, -0.15) is 0 Å². The number of pyridine rings is 1. The summed E-state index contributed by atoms with van der Waals surface area (Å²) in [6.07, 6.45) is 3.87. The van der Waals surface area contributed by atoms with E-state index in [-0.39, 0.29) is 0 Å². The molecule has 0 saturated carbocycles. The molecular weight excluding hydrogens is 633 g/mol. The predicted molar refractivity (Wildman–Crippen MR) is 215 cm³/mol. The third-order valence-electron chi connectivity index (χ3n) is 9.99. The minimum Gasteiger partial charge on any atom is -0.264 e. The van der Waals surface area contributed by atoms with Crippen LogP contribution >= 0.6 is 0 Å². The van der Waals surface area contributed by atoms with Crippen molar-refractivity contribution in [3.05, 3.63) is 182 Å². The van der Waals surface area contributed by atoms with E-state index in [1.807, 2.05) is 42.7 Å². The van der Waals surface area contributed by atoms with Gasteiger partial charge in [-0.25, -0.2) is 15.0 Å². The molecule has 2 heterocycles. The lowest BCUT2D eigenvalue weighted by Gasteiger charge is -2.13. The average molecular weight is 663 g/mol. The average Bonchev–Trinajstić information content (AvgIpc) is 3.23. The fourth-order valence-corrected chi connectivity index (χ4v) is 7.34. The van der Waals surface area contributed by atoms with E-state index in [4.69, 9.17) is 15.0 Å². The molecule has 10 aromatic rings. The van der Waals surface area contributed by atoms with Crippen LogP contribution in [0.4, 0.5) is 0 Å². The van der Waals surface area contributed by atoms with Gasteiger partial charge in [0.2, 0.25) is 0 Å². The lowest BCUT2D eigenvalue weighted by atomic mass is 9.91. The molecule has 4 heteroatoms. The van der Waals surface area contributed by atoms with Crippen LogP contribution in [0.25, 0.3) is 99.5 Å². The van der Waals surface area contributed by atoms with Crippen molar-refractivity contribution in [1.29, 1.82) is 0 Å². The number of rotatable bonds is 5. The van der Waals surface area contributed by atoms with Crippen LogP contribution in [0, 0.1) is 0 Å². The third kappa shape index (κ3) is 5.26. The lowest BCUT2D eigenvalue weighted by Crippen LogP contribution is -2.00. The van der Waals surface area contributed by atoms with E-state index in [0.717, 1.165) is 38.8 Å². The molecule has 0 radical (unpaired) electrons. The molecule has 0 aliphatic rings. The molecule has 52 heavy (non-hydrogen) atoms. The fraction of sp³-hybridized carbons (Fsp3) is 0. The van der Waals surface area contributed by atoms with E-state index >= 15 is 0 Å². The highest BCUT2D eigenvalue weighted by atomic mass is 15.0. The summed E-state index contributed by atoms with van der Waals surface area (Å²) >= 11 is 0. The molecule has 0 atom stereocenters. The van der Waals surface area contributed by atoms with Gasteiger partial charge in [0, 0.05) is 34.5 Å². The molecule has 0 amide bonds. The molecule has 8 aromatic carbocycles. The first-order valence-corrected chi connectivity index (χ1v) is 17.5. The van der Waals surface area contributed by atoms with Crippen LogP contribution < -0.4 is 0 Å². The number of hydrogen-bond donors (Lipinski definition) is 0. The van der Waals surface area contributed by atoms with Crippen molar-refractivity contribution < 1.29 is 0 Å². The fourth-order valence-electron chi connectivity index (χ4n) is 7.34. The first-order chi connectivity index (χ1) is 25.7. The third-order valence-corrected chi connectivity index (χ3v) is 9.99. The summed E-state index contributed by atoms with van der Waals surface area (Å²) in [5.74, 6) is 1.91. The molecule has 0 N–H and O–H groups in total. The second-order valence-electron chi connectivity index (χ2n) is 13.1. The van der Waals surface area contributed by atoms with E-state index in [2.05, 4.69) is 145 Å². The monoisotopic (exact) mass is 662 g/mol. The van der Waals surface area contributed by atoms with Gasteiger partial charge in [-0.1, -0.05) is 152 Å². The summed E-state index contributed by atoms with van der Waals surface area (Å²) in [7, 11) is 0. The highest BCUT2D eigenvalue weighted by Gasteiger charge is 2.15. The molecule has 0 aliphatic heterocycles. The van der Waals surface area contributed by atoms with Crippen LogP contribution in [0.5, 0.6) is 0 Å². The highest BCUT2D eigenvalue weighted by molar-refractivity contribution is 6.23. The Hall–Kier alpha value is -7.04. The van der Waals surface area contributed by atoms with Gasteiger partial charge in [-0.05, 0) is 78.2 Å². The predicted octanol–water partition coefficient (Wildman–Crippen LogP) is 12.2. The van der Waals surface area contributed by atoms with Crippen molar-refractivity contribution in [3.8, 4) is 56.4 Å². The van der Waals surface area contributed by atoms with Gasteiger partial charge in [-0.15, -0.1) is 0 Å². The molecule has 0 spiro atoms. The summed E-state index contributed by atoms with van der Waals surface area (Å²) in [6, 6.07) is 59.6. The standard InChI is InChI=1S/C48H30N4/c1-2-10-35(11-3-1)46-50-47(36-20-14-32(15-21-36)39-24-16-31-8-4-5-12-38(31)28-39)52-48(51-46)37-22-17-34(18-23-37)43-29-40-25-19-33-9-6-7-13-41(33)45(40)42-26-27-49-30-44(42)43/h1-30H. The topological polar surface area (TPSA) is 51.6 Å². The number of benzene rings is 8. The first kappa shape index (κ1) is 29.8. The van der Waals surface area contributed by atoms with Crippen molar-refractivity contribution in [2.24, 2.45) is 0 Å². The maximum atomic E-state index is 5.03. The second-order valence-corrected chi connectivity index (χ2v) is 13.1. The van der Waals surface area contributed by atoms with Gasteiger partial charge >= 0.3 is 0 Å². The minimum absolute atomic E-state index is 0.630. The lowest BCUT2D eigenvalue weighted by molar-refractivity contribution is 1.07. The molecule has 2 aromatic heterocycles. The number of nitrogens with zero attached hydrogens (tertiary/aromatic N) is 4. The van der Waals surface area contributed by atoms with Crippen molar-refractivity contribution in [3.63, 3.8) is 0 Å². The molecule has 0 aliphatic carbocycles. The van der Waals surface area contributed by atoms with Crippen LogP contribution in [0.15, 0.2) is 182 Å². The molecule has 10 rings (SSSR count). The Bertz CT molecular complexity index is 2940. The van der Waals surface area contributed by atoms with Crippen molar-refractivity contribution >= 4 is 43.1 Å². The Kier molecular flexibility index (Phi) is 7.10. The largest absolute Gasteiger partial charge is 0.264 e. The van der Waals surface area contributed by atoms with Crippen LogP contribution in [0.1, 0.15) is 0 Å². The molecule has 0 saturated heterocycles. The Morgan fingerprint density at radius 1 is 0.308 bits per heavy atom. The Labute approximate surface area is 300 Å². The van der Waals surface area contributed by atoms with Crippen LogP contribution in [-0.2, 0) is 0 Å². The zero-order chi connectivity index (χ0) is 34.4. The van der Waals surface area contributed by atoms with E-state index < -0.39 is 0 Å². The Morgan fingerprint density at radius 3 is 1.58 bits per heavy atom. The molecule has 0 bridgehead atoms. The summed E-state index contributed by atoms with van der Waals surface area (Å²) in [6.45, 7) is 0. The van der Waals surface area contributed by atoms with Gasteiger partial charge in [0.1, 0.15) is 0 Å².